The van der Waals surface area contributed by atoms with E-state index in [1.807, 2.05) is 0 Å². The molecular formula is C18H14N4O2S. The molecular weight excluding hydrogens is 336 g/mol. The number of rotatable bonds is 3. The monoisotopic (exact) mass is 350 g/mol. The van der Waals surface area contributed by atoms with Gasteiger partial charge in [0.2, 0.25) is 0 Å². The van der Waals surface area contributed by atoms with Gasteiger partial charge in [0.1, 0.15) is 0 Å². The van der Waals surface area contributed by atoms with Crippen molar-refractivity contribution in [3.8, 4) is 11.8 Å². The third kappa shape index (κ3) is 4.13. The molecule has 1 unspecified atom stereocenters. The summed E-state index contributed by atoms with van der Waals surface area (Å²) in [5, 5.41) is 0. The van der Waals surface area contributed by atoms with Gasteiger partial charge in [-0.3, -0.25) is 14.5 Å². The van der Waals surface area contributed by atoms with E-state index in [0.717, 1.165) is 0 Å². The molecule has 25 heavy (non-hydrogen) atoms. The number of nitrogens with zero attached hydrogens (tertiary/aromatic N) is 2. The number of aromatic amines is 1. The van der Waals surface area contributed by atoms with Crippen molar-refractivity contribution in [3.63, 3.8) is 0 Å². The van der Waals surface area contributed by atoms with Crippen LogP contribution in [0, 0.1) is 11.8 Å². The van der Waals surface area contributed by atoms with Crippen molar-refractivity contribution in [2.75, 3.05) is 0 Å². The Kier molecular flexibility index (Phi) is 4.64. The molecule has 124 valence electrons. The van der Waals surface area contributed by atoms with E-state index in [2.05, 4.69) is 37.4 Å². The molecule has 0 aliphatic heterocycles. The number of hydrogen-bond acceptors (Lipinski definition) is 4. The van der Waals surface area contributed by atoms with Gasteiger partial charge in [0.05, 0.1) is 15.3 Å². The van der Waals surface area contributed by atoms with E-state index in [1.165, 1.54) is 12.4 Å². The summed E-state index contributed by atoms with van der Waals surface area (Å²) in [6.07, 6.45) is 6.18. The van der Waals surface area contributed by atoms with Gasteiger partial charge in [0.25, 0.3) is 5.91 Å². The second kappa shape index (κ2) is 7.03. The first-order chi connectivity index (χ1) is 12.0. The van der Waals surface area contributed by atoms with Crippen LogP contribution in [0.15, 0.2) is 66.1 Å². The van der Waals surface area contributed by atoms with E-state index in [1.54, 1.807) is 48.8 Å². The van der Waals surface area contributed by atoms with Gasteiger partial charge in [0.15, 0.2) is 5.82 Å². The quantitative estimate of drug-likeness (QED) is 0.555. The van der Waals surface area contributed by atoms with Crippen molar-refractivity contribution in [1.29, 1.82) is 0 Å². The van der Waals surface area contributed by atoms with Crippen LogP contribution in [0.2, 0.25) is 0 Å². The zero-order valence-electron chi connectivity index (χ0n) is 13.1. The normalized spacial score (nSPS) is 12.5. The van der Waals surface area contributed by atoms with E-state index in [9.17, 15) is 9.00 Å². The number of benzene rings is 1. The summed E-state index contributed by atoms with van der Waals surface area (Å²) in [6.45, 7) is 0. The maximum absolute atomic E-state index is 12.6. The summed E-state index contributed by atoms with van der Waals surface area (Å²) in [6, 6.07) is 10.1. The van der Waals surface area contributed by atoms with Crippen molar-refractivity contribution >= 4 is 21.5 Å². The molecule has 3 rings (SSSR count). The zero-order chi connectivity index (χ0) is 17.7. The minimum Gasteiger partial charge on any atom is -0.338 e. The van der Waals surface area contributed by atoms with Crippen LogP contribution >= 0.6 is 0 Å². The number of aromatic nitrogens is 3. The standard InChI is InChI=1S/C18H14N4O2S/c1-25(24,16-5-3-2-4-6-16)22-18(23)15-11-14(12-19-13-15)7-8-17-20-9-10-21-17/h2-6,9-13H,1H2,(H,20,21)(H,22,23,24). The SMILES string of the molecule is C=S(=O)(NC(=O)c1cncc(C#Cc2ncc[nH]2)c1)c1ccccc1. The number of imidazole rings is 1. The molecule has 6 nitrogen and oxygen atoms in total. The van der Waals surface area contributed by atoms with Crippen LogP contribution in [0.1, 0.15) is 21.7 Å². The molecule has 7 heteroatoms. The lowest BCUT2D eigenvalue weighted by Crippen LogP contribution is -2.30. The van der Waals surface area contributed by atoms with E-state index in [0.29, 0.717) is 16.3 Å². The van der Waals surface area contributed by atoms with Crippen LogP contribution in [0.3, 0.4) is 0 Å². The number of H-pyrrole nitrogens is 1. The lowest BCUT2D eigenvalue weighted by molar-refractivity contribution is 0.0982. The highest BCUT2D eigenvalue weighted by Gasteiger charge is 2.13. The number of hydrogen-bond donors (Lipinski definition) is 2. The smallest absolute Gasteiger partial charge is 0.264 e. The molecule has 1 aromatic carbocycles. The molecule has 2 heterocycles. The van der Waals surface area contributed by atoms with E-state index < -0.39 is 15.6 Å². The third-order valence-electron chi connectivity index (χ3n) is 3.21. The van der Waals surface area contributed by atoms with Crippen LogP contribution in [0.5, 0.6) is 0 Å². The molecule has 0 spiro atoms. The summed E-state index contributed by atoms with van der Waals surface area (Å²) < 4.78 is 15.1. The Labute approximate surface area is 145 Å². The lowest BCUT2D eigenvalue weighted by Gasteiger charge is -2.11. The highest BCUT2D eigenvalue weighted by molar-refractivity contribution is 7.99. The van der Waals surface area contributed by atoms with Gasteiger partial charge < -0.3 is 4.98 Å². The molecule has 0 fully saturated rings. The summed E-state index contributed by atoms with van der Waals surface area (Å²) in [5.41, 5.74) is 0.790. The van der Waals surface area contributed by atoms with Gasteiger partial charge in [0, 0.05) is 35.2 Å². The highest BCUT2D eigenvalue weighted by Crippen LogP contribution is 2.09. The van der Waals surface area contributed by atoms with Crippen molar-refractivity contribution in [2.45, 2.75) is 4.90 Å². The van der Waals surface area contributed by atoms with Crippen LogP contribution < -0.4 is 4.72 Å². The fourth-order valence-corrected chi connectivity index (χ4v) is 3.14. The molecule has 0 aliphatic rings. The maximum atomic E-state index is 12.6. The second-order valence-corrected chi connectivity index (χ2v) is 7.10. The van der Waals surface area contributed by atoms with Gasteiger partial charge >= 0.3 is 0 Å². The Hall–Kier alpha value is -3.37. The number of pyridine rings is 1. The van der Waals surface area contributed by atoms with Crippen LogP contribution in [-0.2, 0) is 9.71 Å². The minimum absolute atomic E-state index is 0.249. The van der Waals surface area contributed by atoms with E-state index in [4.69, 9.17) is 0 Å². The Morgan fingerprint density at radius 2 is 2.00 bits per heavy atom. The Balaban J connectivity index is 1.80. The summed E-state index contributed by atoms with van der Waals surface area (Å²) in [7, 11) is -2.95. The van der Waals surface area contributed by atoms with Crippen molar-refractivity contribution < 1.29 is 9.00 Å². The summed E-state index contributed by atoms with van der Waals surface area (Å²) in [5.74, 6) is 9.30. The average Bonchev–Trinajstić information content (AvgIpc) is 3.14. The molecule has 0 aliphatic carbocycles. The topological polar surface area (TPSA) is 87.7 Å². The Morgan fingerprint density at radius 3 is 2.72 bits per heavy atom. The van der Waals surface area contributed by atoms with Gasteiger partial charge in [-0.2, -0.15) is 0 Å². The first-order valence-corrected chi connectivity index (χ1v) is 8.98. The highest BCUT2D eigenvalue weighted by atomic mass is 32.2. The van der Waals surface area contributed by atoms with Gasteiger partial charge in [-0.25, -0.2) is 9.19 Å². The molecule has 1 amide bonds. The molecule has 0 radical (unpaired) electrons. The largest absolute Gasteiger partial charge is 0.338 e. The second-order valence-electron chi connectivity index (χ2n) is 5.07. The Bertz CT molecular complexity index is 1050. The van der Waals surface area contributed by atoms with Gasteiger partial charge in [-0.15, -0.1) is 0 Å². The van der Waals surface area contributed by atoms with Crippen molar-refractivity contribution in [2.24, 2.45) is 0 Å². The molecule has 0 saturated heterocycles. The van der Waals surface area contributed by atoms with Crippen LogP contribution in [0.4, 0.5) is 0 Å². The summed E-state index contributed by atoms with van der Waals surface area (Å²) in [4.78, 5) is 23.7. The minimum atomic E-state index is -2.95. The first kappa shape index (κ1) is 16.5. The number of carbonyl (C=O) groups is 1. The average molecular weight is 350 g/mol. The van der Waals surface area contributed by atoms with Crippen molar-refractivity contribution in [1.82, 2.24) is 19.7 Å². The molecule has 0 saturated carbocycles. The lowest BCUT2D eigenvalue weighted by atomic mass is 10.2. The van der Waals surface area contributed by atoms with Crippen LogP contribution in [-0.4, -0.2) is 30.9 Å². The summed E-state index contributed by atoms with van der Waals surface area (Å²) >= 11 is 0. The molecule has 2 aromatic heterocycles. The number of amides is 1. The fourth-order valence-electron chi connectivity index (χ4n) is 2.01. The first-order valence-electron chi connectivity index (χ1n) is 7.25. The van der Waals surface area contributed by atoms with E-state index in [-0.39, 0.29) is 5.56 Å². The predicted octanol–water partition coefficient (Wildman–Crippen LogP) is 1.62. The van der Waals surface area contributed by atoms with Gasteiger partial charge in [-0.05, 0) is 30.0 Å². The molecule has 1 atom stereocenters. The Morgan fingerprint density at radius 1 is 1.20 bits per heavy atom. The third-order valence-corrected chi connectivity index (χ3v) is 4.75. The molecule has 2 N–H and O–H groups in total. The number of nitrogens with one attached hydrogen (secondary N) is 2. The number of carbonyl (C=O) groups excluding carboxylic acids is 1. The van der Waals surface area contributed by atoms with Crippen molar-refractivity contribution in [3.05, 3.63) is 78.1 Å². The van der Waals surface area contributed by atoms with E-state index >= 15 is 0 Å². The van der Waals surface area contributed by atoms with Crippen LogP contribution in [0.25, 0.3) is 0 Å². The fraction of sp³-hybridized carbons (Fsp3) is 0. The molecule has 0 bridgehead atoms. The molecule has 3 aromatic rings. The van der Waals surface area contributed by atoms with Gasteiger partial charge in [-0.1, -0.05) is 24.1 Å². The zero-order valence-corrected chi connectivity index (χ0v) is 13.9. The maximum Gasteiger partial charge on any atom is 0.264 e. The predicted molar refractivity (Wildman–Crippen MR) is 96.2 cm³/mol.